The third-order valence-electron chi connectivity index (χ3n) is 5.17. The number of carbonyl (C=O) groups excluding carboxylic acids is 1. The highest BCUT2D eigenvalue weighted by Gasteiger charge is 2.19. The predicted molar refractivity (Wildman–Crippen MR) is 108 cm³/mol. The van der Waals surface area contributed by atoms with Crippen molar-refractivity contribution in [2.45, 2.75) is 52.1 Å². The summed E-state index contributed by atoms with van der Waals surface area (Å²) in [4.78, 5) is 21.8. The first-order valence-electron chi connectivity index (χ1n) is 9.76. The van der Waals surface area contributed by atoms with Crippen LogP contribution in [0.25, 0.3) is 11.0 Å². The lowest BCUT2D eigenvalue weighted by Crippen LogP contribution is -2.20. The molecule has 7 nitrogen and oxygen atoms in total. The molecule has 0 spiro atoms. The predicted octanol–water partition coefficient (Wildman–Crippen LogP) is 3.94. The van der Waals surface area contributed by atoms with E-state index in [-0.39, 0.29) is 12.0 Å². The van der Waals surface area contributed by atoms with Crippen molar-refractivity contribution in [2.75, 3.05) is 5.32 Å². The Hall–Kier alpha value is -2.96. The summed E-state index contributed by atoms with van der Waals surface area (Å²) in [6, 6.07) is 5.35. The zero-order valence-electron chi connectivity index (χ0n) is 16.5. The Labute approximate surface area is 164 Å². The number of amides is 1. The Kier molecular flexibility index (Phi) is 4.98. The molecule has 1 N–H and O–H groups in total. The standard InChI is InChI=1S/C21H25N5O2/c1-13-11-17(19-14(2)25-26(3)20(19)23-13)21(27)24-15-9-10-22-18(12-15)28-16-7-5-4-6-8-16/h9-12,16H,4-8H2,1-3H3,(H,22,24,27). The first kappa shape index (κ1) is 18.4. The average molecular weight is 379 g/mol. The van der Waals surface area contributed by atoms with Crippen molar-refractivity contribution in [1.29, 1.82) is 0 Å². The molecule has 146 valence electrons. The highest BCUT2D eigenvalue weighted by Crippen LogP contribution is 2.25. The molecule has 1 saturated carbocycles. The number of hydrogen-bond donors (Lipinski definition) is 1. The number of anilines is 1. The summed E-state index contributed by atoms with van der Waals surface area (Å²) in [7, 11) is 1.83. The first-order chi connectivity index (χ1) is 13.5. The summed E-state index contributed by atoms with van der Waals surface area (Å²) < 4.78 is 7.71. The average Bonchev–Trinajstić information content (AvgIpc) is 2.96. The monoisotopic (exact) mass is 379 g/mol. The molecule has 0 saturated heterocycles. The number of nitrogens with zero attached hydrogens (tertiary/aromatic N) is 4. The topological polar surface area (TPSA) is 81.9 Å². The minimum absolute atomic E-state index is 0.193. The molecule has 0 atom stereocenters. The van der Waals surface area contributed by atoms with Crippen molar-refractivity contribution in [3.8, 4) is 5.88 Å². The fraction of sp³-hybridized carbons (Fsp3) is 0.429. The van der Waals surface area contributed by atoms with Gasteiger partial charge >= 0.3 is 0 Å². The molecule has 0 aromatic carbocycles. The van der Waals surface area contributed by atoms with Crippen LogP contribution in [0.15, 0.2) is 24.4 Å². The van der Waals surface area contributed by atoms with E-state index < -0.39 is 0 Å². The van der Waals surface area contributed by atoms with Gasteiger partial charge in [-0.15, -0.1) is 0 Å². The van der Waals surface area contributed by atoms with Crippen molar-refractivity contribution in [3.63, 3.8) is 0 Å². The van der Waals surface area contributed by atoms with Crippen LogP contribution < -0.4 is 10.1 Å². The fourth-order valence-corrected chi connectivity index (χ4v) is 3.85. The largest absolute Gasteiger partial charge is 0.474 e. The highest BCUT2D eigenvalue weighted by atomic mass is 16.5. The molecule has 0 radical (unpaired) electrons. The highest BCUT2D eigenvalue weighted by molar-refractivity contribution is 6.12. The van der Waals surface area contributed by atoms with Gasteiger partial charge < -0.3 is 10.1 Å². The van der Waals surface area contributed by atoms with Gasteiger partial charge in [-0.25, -0.2) is 9.97 Å². The summed E-state index contributed by atoms with van der Waals surface area (Å²) in [5, 5.41) is 8.15. The lowest BCUT2D eigenvalue weighted by Gasteiger charge is -2.22. The van der Waals surface area contributed by atoms with E-state index in [1.165, 1.54) is 19.3 Å². The van der Waals surface area contributed by atoms with Crippen LogP contribution in [-0.4, -0.2) is 31.8 Å². The van der Waals surface area contributed by atoms with E-state index in [4.69, 9.17) is 4.74 Å². The number of aryl methyl sites for hydroxylation is 3. The van der Waals surface area contributed by atoms with Crippen molar-refractivity contribution in [1.82, 2.24) is 19.7 Å². The lowest BCUT2D eigenvalue weighted by molar-refractivity contribution is 0.102. The molecule has 7 heteroatoms. The van der Waals surface area contributed by atoms with Crippen LogP contribution in [0.2, 0.25) is 0 Å². The summed E-state index contributed by atoms with van der Waals surface area (Å²) in [5.41, 5.74) is 3.50. The van der Waals surface area contributed by atoms with Crippen molar-refractivity contribution < 1.29 is 9.53 Å². The molecule has 1 fully saturated rings. The van der Waals surface area contributed by atoms with E-state index >= 15 is 0 Å². The minimum Gasteiger partial charge on any atom is -0.474 e. The molecule has 0 aliphatic heterocycles. The number of pyridine rings is 2. The van der Waals surface area contributed by atoms with Gasteiger partial charge in [-0.3, -0.25) is 9.48 Å². The third-order valence-corrected chi connectivity index (χ3v) is 5.17. The number of rotatable bonds is 4. The van der Waals surface area contributed by atoms with Gasteiger partial charge in [0.1, 0.15) is 6.10 Å². The number of fused-ring (bicyclic) bond motifs is 1. The second-order valence-corrected chi connectivity index (χ2v) is 7.43. The quantitative estimate of drug-likeness (QED) is 0.742. The Morgan fingerprint density at radius 2 is 2.00 bits per heavy atom. The van der Waals surface area contributed by atoms with Gasteiger partial charge in [0, 0.05) is 30.7 Å². The van der Waals surface area contributed by atoms with Crippen LogP contribution in [0.3, 0.4) is 0 Å². The maximum absolute atomic E-state index is 13.0. The van der Waals surface area contributed by atoms with Crippen LogP contribution in [0.1, 0.15) is 53.8 Å². The Morgan fingerprint density at radius 3 is 2.79 bits per heavy atom. The summed E-state index contributed by atoms with van der Waals surface area (Å²) in [6.07, 6.45) is 7.67. The number of ether oxygens (including phenoxy) is 1. The van der Waals surface area contributed by atoms with Gasteiger partial charge in [-0.1, -0.05) is 6.42 Å². The van der Waals surface area contributed by atoms with Gasteiger partial charge in [0.2, 0.25) is 5.88 Å². The first-order valence-corrected chi connectivity index (χ1v) is 9.76. The Bertz CT molecular complexity index is 1020. The van der Waals surface area contributed by atoms with Gasteiger partial charge in [-0.2, -0.15) is 5.10 Å². The van der Waals surface area contributed by atoms with E-state index in [9.17, 15) is 4.79 Å². The second-order valence-electron chi connectivity index (χ2n) is 7.43. The Balaban J connectivity index is 1.57. The van der Waals surface area contributed by atoms with E-state index in [2.05, 4.69) is 20.4 Å². The molecular weight excluding hydrogens is 354 g/mol. The van der Waals surface area contributed by atoms with Crippen molar-refractivity contribution in [3.05, 3.63) is 41.3 Å². The van der Waals surface area contributed by atoms with Gasteiger partial charge in [-0.05, 0) is 51.7 Å². The fourth-order valence-electron chi connectivity index (χ4n) is 3.85. The summed E-state index contributed by atoms with van der Waals surface area (Å²) in [6.45, 7) is 3.76. The van der Waals surface area contributed by atoms with Crippen LogP contribution in [-0.2, 0) is 7.05 Å². The number of nitrogens with one attached hydrogen (secondary N) is 1. The number of carbonyl (C=O) groups is 1. The van der Waals surface area contributed by atoms with Crippen LogP contribution in [0, 0.1) is 13.8 Å². The maximum Gasteiger partial charge on any atom is 0.256 e. The smallest absolute Gasteiger partial charge is 0.256 e. The SMILES string of the molecule is Cc1cc(C(=O)Nc2ccnc(OC3CCCCC3)c2)c2c(C)nn(C)c2n1. The van der Waals surface area contributed by atoms with Crippen LogP contribution >= 0.6 is 0 Å². The molecule has 1 aliphatic rings. The molecule has 3 aromatic heterocycles. The lowest BCUT2D eigenvalue weighted by atomic mass is 9.98. The number of hydrogen-bond acceptors (Lipinski definition) is 5. The molecular formula is C21H25N5O2. The molecule has 3 heterocycles. The normalized spacial score (nSPS) is 15.0. The molecule has 3 aromatic rings. The molecule has 1 aliphatic carbocycles. The second kappa shape index (κ2) is 7.58. The van der Waals surface area contributed by atoms with Crippen molar-refractivity contribution >= 4 is 22.6 Å². The van der Waals surface area contributed by atoms with Crippen LogP contribution in [0.4, 0.5) is 5.69 Å². The zero-order chi connectivity index (χ0) is 19.7. The molecule has 4 rings (SSSR count). The molecule has 1 amide bonds. The Morgan fingerprint density at radius 1 is 1.21 bits per heavy atom. The molecule has 0 unspecified atom stereocenters. The summed E-state index contributed by atoms with van der Waals surface area (Å²) >= 11 is 0. The van der Waals surface area contributed by atoms with E-state index in [0.29, 0.717) is 22.8 Å². The molecule has 28 heavy (non-hydrogen) atoms. The third kappa shape index (κ3) is 3.69. The van der Waals surface area contributed by atoms with E-state index in [1.807, 2.05) is 20.9 Å². The van der Waals surface area contributed by atoms with Gasteiger partial charge in [0.15, 0.2) is 5.65 Å². The number of aromatic nitrogens is 4. The summed E-state index contributed by atoms with van der Waals surface area (Å²) in [5.74, 6) is 0.361. The minimum atomic E-state index is -0.193. The van der Waals surface area contributed by atoms with Gasteiger partial charge in [0.25, 0.3) is 5.91 Å². The maximum atomic E-state index is 13.0. The van der Waals surface area contributed by atoms with Crippen molar-refractivity contribution in [2.24, 2.45) is 7.05 Å². The van der Waals surface area contributed by atoms with E-state index in [1.54, 1.807) is 29.1 Å². The van der Waals surface area contributed by atoms with Gasteiger partial charge in [0.05, 0.1) is 16.6 Å². The zero-order valence-corrected chi connectivity index (χ0v) is 16.5. The molecule has 0 bridgehead atoms. The van der Waals surface area contributed by atoms with Crippen LogP contribution in [0.5, 0.6) is 5.88 Å². The van der Waals surface area contributed by atoms with E-state index in [0.717, 1.165) is 29.6 Å².